The number of halogens is 2. The predicted octanol–water partition coefficient (Wildman–Crippen LogP) is 5.32. The lowest BCUT2D eigenvalue weighted by Crippen LogP contribution is -2.05. The lowest BCUT2D eigenvalue weighted by molar-refractivity contribution is -0.136. The number of carbonyl (C=O) groups is 1. The van der Waals surface area contributed by atoms with Crippen LogP contribution >= 0.6 is 12.4 Å². The number of fused-ring (bicyclic) bond motifs is 1. The zero-order valence-corrected chi connectivity index (χ0v) is 20.2. The van der Waals surface area contributed by atoms with Gasteiger partial charge in [-0.3, -0.25) is 4.79 Å². The van der Waals surface area contributed by atoms with Crippen LogP contribution in [0.3, 0.4) is 0 Å². The van der Waals surface area contributed by atoms with E-state index in [0.29, 0.717) is 17.9 Å². The molecule has 3 aromatic carbocycles. The van der Waals surface area contributed by atoms with Crippen LogP contribution in [0.15, 0.2) is 60.7 Å². The Morgan fingerprint density at radius 3 is 2.46 bits per heavy atom. The molecule has 0 amide bonds. The molecule has 1 N–H and O–H groups in total. The molecule has 1 heterocycles. The van der Waals surface area contributed by atoms with E-state index in [2.05, 4.69) is 4.98 Å². The largest absolute Gasteiger partial charge is 0.497 e. The molecule has 0 saturated heterocycles. The molecule has 0 aliphatic rings. The van der Waals surface area contributed by atoms with Crippen molar-refractivity contribution in [3.05, 3.63) is 83.4 Å². The monoisotopic (exact) mass is 500 g/mol. The third-order valence-electron chi connectivity index (χ3n) is 5.50. The summed E-state index contributed by atoms with van der Waals surface area (Å²) in [4.78, 5) is 15.7. The highest BCUT2D eigenvalue weighted by Gasteiger charge is 2.12. The van der Waals surface area contributed by atoms with E-state index in [9.17, 15) is 9.18 Å². The molecule has 35 heavy (non-hydrogen) atoms. The van der Waals surface area contributed by atoms with Crippen LogP contribution in [0.2, 0.25) is 0 Å². The maximum Gasteiger partial charge on any atom is 0.303 e. The van der Waals surface area contributed by atoms with Crippen LogP contribution in [0.1, 0.15) is 23.4 Å². The van der Waals surface area contributed by atoms with Crippen molar-refractivity contribution < 1.29 is 28.5 Å². The van der Waals surface area contributed by atoms with Gasteiger partial charge in [-0.15, -0.1) is 12.4 Å². The number of ether oxygens (including phenoxy) is 3. The highest BCUT2D eigenvalue weighted by molar-refractivity contribution is 5.85. The smallest absolute Gasteiger partial charge is 0.303 e. The third-order valence-corrected chi connectivity index (χ3v) is 5.50. The second kappa shape index (κ2) is 11.6. The zero-order valence-electron chi connectivity index (χ0n) is 19.4. The second-order valence-electron chi connectivity index (χ2n) is 7.81. The van der Waals surface area contributed by atoms with Gasteiger partial charge in [-0.05, 0) is 47.9 Å². The van der Waals surface area contributed by atoms with Crippen LogP contribution in [0, 0.1) is 5.82 Å². The number of carboxylic acid groups (broad SMARTS) is 1. The number of hydrogen-bond donors (Lipinski definition) is 1. The van der Waals surface area contributed by atoms with Gasteiger partial charge in [0.1, 0.15) is 42.1 Å². The van der Waals surface area contributed by atoms with Gasteiger partial charge < -0.3 is 23.9 Å². The first kappa shape index (κ1) is 25.8. The molecule has 4 rings (SSSR count). The van der Waals surface area contributed by atoms with Gasteiger partial charge in [0.25, 0.3) is 0 Å². The van der Waals surface area contributed by atoms with Crippen molar-refractivity contribution in [3.63, 3.8) is 0 Å². The first-order valence-electron chi connectivity index (χ1n) is 10.8. The van der Waals surface area contributed by atoms with Crippen LogP contribution < -0.4 is 14.2 Å². The van der Waals surface area contributed by atoms with E-state index < -0.39 is 5.97 Å². The van der Waals surface area contributed by atoms with Gasteiger partial charge in [-0.1, -0.05) is 18.2 Å². The Morgan fingerprint density at radius 2 is 1.74 bits per heavy atom. The Bertz CT molecular complexity index is 1310. The van der Waals surface area contributed by atoms with Gasteiger partial charge in [0.05, 0.1) is 18.1 Å². The number of carboxylic acids is 1. The lowest BCUT2D eigenvalue weighted by Gasteiger charge is -2.14. The number of rotatable bonds is 10. The number of imidazole rings is 1. The fourth-order valence-corrected chi connectivity index (χ4v) is 3.57. The highest BCUT2D eigenvalue weighted by Crippen LogP contribution is 2.28. The topological polar surface area (TPSA) is 82.8 Å². The van der Waals surface area contributed by atoms with Crippen molar-refractivity contribution in [2.24, 2.45) is 7.05 Å². The highest BCUT2D eigenvalue weighted by atomic mass is 35.5. The Morgan fingerprint density at radius 1 is 1.00 bits per heavy atom. The Kier molecular flexibility index (Phi) is 8.54. The van der Waals surface area contributed by atoms with Crippen molar-refractivity contribution in [3.8, 4) is 17.2 Å². The first-order chi connectivity index (χ1) is 16.4. The van der Waals surface area contributed by atoms with Gasteiger partial charge in [-0.25, -0.2) is 9.37 Å². The van der Waals surface area contributed by atoms with E-state index in [1.807, 2.05) is 29.8 Å². The Labute approximate surface area is 208 Å². The summed E-state index contributed by atoms with van der Waals surface area (Å²) in [6, 6.07) is 17.0. The van der Waals surface area contributed by atoms with Gasteiger partial charge in [0.15, 0.2) is 0 Å². The van der Waals surface area contributed by atoms with E-state index in [0.717, 1.165) is 33.7 Å². The molecule has 0 atom stereocenters. The summed E-state index contributed by atoms with van der Waals surface area (Å²) in [7, 11) is 3.54. The van der Waals surface area contributed by atoms with Crippen LogP contribution in [-0.2, 0) is 31.5 Å². The minimum Gasteiger partial charge on any atom is -0.497 e. The summed E-state index contributed by atoms with van der Waals surface area (Å²) in [6.07, 6.45) is 0.303. The number of nitrogens with zero attached hydrogens (tertiary/aromatic N) is 2. The minimum atomic E-state index is -0.886. The van der Waals surface area contributed by atoms with Crippen molar-refractivity contribution in [2.75, 3.05) is 7.11 Å². The number of methoxy groups -OCH3 is 1. The summed E-state index contributed by atoms with van der Waals surface area (Å²) in [5.41, 5.74) is 3.33. The molecule has 7 nitrogen and oxygen atoms in total. The molecule has 0 saturated carbocycles. The summed E-state index contributed by atoms with van der Waals surface area (Å²) < 4.78 is 32.4. The molecular weight excluding hydrogens is 475 g/mol. The number of benzene rings is 3. The predicted molar refractivity (Wildman–Crippen MR) is 132 cm³/mol. The molecule has 0 fully saturated rings. The summed E-state index contributed by atoms with van der Waals surface area (Å²) in [6.45, 7) is 0.454. The van der Waals surface area contributed by atoms with Gasteiger partial charge >= 0.3 is 5.97 Å². The summed E-state index contributed by atoms with van der Waals surface area (Å²) in [5, 5.41) is 9.07. The first-order valence-corrected chi connectivity index (χ1v) is 10.8. The maximum atomic E-state index is 13.2. The van der Waals surface area contributed by atoms with E-state index >= 15 is 0 Å². The molecule has 0 radical (unpaired) electrons. The summed E-state index contributed by atoms with van der Waals surface area (Å²) >= 11 is 0. The van der Waals surface area contributed by atoms with E-state index in [4.69, 9.17) is 19.3 Å². The average Bonchev–Trinajstić information content (AvgIpc) is 3.16. The molecule has 9 heteroatoms. The number of aromatic nitrogens is 2. The zero-order chi connectivity index (χ0) is 24.1. The minimum absolute atomic E-state index is 0. The SMILES string of the molecule is COc1ccc2nc(COc3ccc(CCC(=O)O)c(OCc4ccc(F)cc4)c3)n(C)c2c1.Cl. The van der Waals surface area contributed by atoms with Crippen LogP contribution in [0.5, 0.6) is 17.2 Å². The van der Waals surface area contributed by atoms with Crippen LogP contribution in [0.25, 0.3) is 11.0 Å². The number of hydrogen-bond acceptors (Lipinski definition) is 5. The molecule has 1 aromatic heterocycles. The molecule has 0 unspecified atom stereocenters. The molecule has 184 valence electrons. The van der Waals surface area contributed by atoms with E-state index in [1.54, 1.807) is 37.4 Å². The van der Waals surface area contributed by atoms with Crippen molar-refractivity contribution in [2.45, 2.75) is 26.1 Å². The van der Waals surface area contributed by atoms with Crippen LogP contribution in [0.4, 0.5) is 4.39 Å². The van der Waals surface area contributed by atoms with Gasteiger partial charge in [-0.2, -0.15) is 0 Å². The molecule has 0 aliphatic heterocycles. The lowest BCUT2D eigenvalue weighted by atomic mass is 10.1. The maximum absolute atomic E-state index is 13.2. The fraction of sp³-hybridized carbons (Fsp3) is 0.231. The van der Waals surface area contributed by atoms with Crippen LogP contribution in [-0.4, -0.2) is 27.7 Å². The quantitative estimate of drug-likeness (QED) is 0.317. The molecular formula is C26H26ClFN2O5. The molecule has 0 aliphatic carbocycles. The Hall–Kier alpha value is -3.78. The molecule has 0 spiro atoms. The Balaban J connectivity index is 0.00000342. The fourth-order valence-electron chi connectivity index (χ4n) is 3.57. The third kappa shape index (κ3) is 6.42. The normalized spacial score (nSPS) is 10.6. The molecule has 4 aromatic rings. The number of aliphatic carboxylic acids is 1. The standard InChI is InChI=1S/C26H25FN2O5.ClH/c1-29-23-13-20(32-2)10-11-22(23)28-25(29)16-33-21-9-5-18(6-12-26(30)31)24(14-21)34-15-17-3-7-19(27)8-4-17;/h3-5,7-11,13-14H,6,12,15-16H2,1-2H3,(H,30,31);1H. The van der Waals surface area contributed by atoms with Crippen molar-refractivity contribution in [1.82, 2.24) is 9.55 Å². The van der Waals surface area contributed by atoms with Crippen molar-refractivity contribution >= 4 is 29.4 Å². The van der Waals surface area contributed by atoms with Crippen molar-refractivity contribution in [1.29, 1.82) is 0 Å². The van der Waals surface area contributed by atoms with E-state index in [-0.39, 0.29) is 37.9 Å². The average molecular weight is 501 g/mol. The molecule has 0 bridgehead atoms. The second-order valence-corrected chi connectivity index (χ2v) is 7.81. The van der Waals surface area contributed by atoms with Gasteiger partial charge in [0.2, 0.25) is 0 Å². The number of aryl methyl sites for hydroxylation is 2. The summed E-state index contributed by atoms with van der Waals surface area (Å²) in [5.74, 6) is 1.38. The van der Waals surface area contributed by atoms with Gasteiger partial charge in [0, 0.05) is 25.6 Å². The van der Waals surface area contributed by atoms with E-state index in [1.165, 1.54) is 12.1 Å².